The van der Waals surface area contributed by atoms with Gasteiger partial charge in [0, 0.05) is 6.04 Å². The van der Waals surface area contributed by atoms with Gasteiger partial charge >= 0.3 is 0 Å². The third kappa shape index (κ3) is 2.99. The van der Waals surface area contributed by atoms with E-state index in [0.29, 0.717) is 6.04 Å². The predicted molar refractivity (Wildman–Crippen MR) is 66.9 cm³/mol. The molecule has 1 aromatic carbocycles. The van der Waals surface area contributed by atoms with Crippen molar-refractivity contribution >= 4 is 0 Å². The first-order chi connectivity index (χ1) is 7.83. The van der Waals surface area contributed by atoms with Crippen molar-refractivity contribution in [2.24, 2.45) is 5.92 Å². The average molecular weight is 219 g/mol. The summed E-state index contributed by atoms with van der Waals surface area (Å²) in [6.45, 7) is 0. The lowest BCUT2D eigenvalue weighted by Gasteiger charge is -2.15. The van der Waals surface area contributed by atoms with Gasteiger partial charge in [-0.05, 0) is 56.3 Å². The summed E-state index contributed by atoms with van der Waals surface area (Å²) >= 11 is 0. The van der Waals surface area contributed by atoms with Crippen molar-refractivity contribution in [1.29, 1.82) is 0 Å². The van der Waals surface area contributed by atoms with Crippen molar-refractivity contribution in [3.05, 3.63) is 29.8 Å². The van der Waals surface area contributed by atoms with Crippen LogP contribution in [-0.2, 0) is 6.42 Å². The van der Waals surface area contributed by atoms with Crippen molar-refractivity contribution in [3.8, 4) is 5.75 Å². The Balaban J connectivity index is 1.83. The van der Waals surface area contributed by atoms with Crippen LogP contribution in [0.5, 0.6) is 5.75 Å². The van der Waals surface area contributed by atoms with Gasteiger partial charge in [0.15, 0.2) is 0 Å². The second kappa shape index (κ2) is 5.35. The molecule has 1 N–H and O–H groups in total. The summed E-state index contributed by atoms with van der Waals surface area (Å²) in [7, 11) is 3.79. The topological polar surface area (TPSA) is 21.3 Å². The fraction of sp³-hybridized carbons (Fsp3) is 0.571. The minimum absolute atomic E-state index is 0.710. The Morgan fingerprint density at radius 2 is 2.00 bits per heavy atom. The first-order valence-corrected chi connectivity index (χ1v) is 6.13. The Morgan fingerprint density at radius 1 is 1.31 bits per heavy atom. The fourth-order valence-electron chi connectivity index (χ4n) is 2.23. The smallest absolute Gasteiger partial charge is 0.118 e. The number of rotatable bonds is 6. The van der Waals surface area contributed by atoms with Gasteiger partial charge in [0.2, 0.25) is 0 Å². The number of nitrogens with one attached hydrogen (secondary N) is 1. The standard InChI is InChI=1S/C14H21NO/c1-15-14(12-6-7-12)10-5-11-3-8-13(16-2)9-4-11/h3-4,8-9,12,14-15H,5-7,10H2,1-2H3. The van der Waals surface area contributed by atoms with E-state index in [4.69, 9.17) is 4.74 Å². The molecule has 0 spiro atoms. The maximum absolute atomic E-state index is 5.15. The van der Waals surface area contributed by atoms with E-state index >= 15 is 0 Å². The largest absolute Gasteiger partial charge is 0.497 e. The van der Waals surface area contributed by atoms with Gasteiger partial charge in [0.05, 0.1) is 7.11 Å². The molecule has 0 saturated heterocycles. The fourth-order valence-corrected chi connectivity index (χ4v) is 2.23. The van der Waals surface area contributed by atoms with Crippen molar-refractivity contribution in [3.63, 3.8) is 0 Å². The normalized spacial score (nSPS) is 17.1. The van der Waals surface area contributed by atoms with Crippen LogP contribution < -0.4 is 10.1 Å². The van der Waals surface area contributed by atoms with Crippen LogP contribution in [0.1, 0.15) is 24.8 Å². The Morgan fingerprint density at radius 3 is 2.50 bits per heavy atom. The number of methoxy groups -OCH3 is 1. The molecule has 2 nitrogen and oxygen atoms in total. The molecule has 0 bridgehead atoms. The Bertz CT molecular complexity index is 316. The molecule has 1 aromatic rings. The summed E-state index contributed by atoms with van der Waals surface area (Å²) in [5.74, 6) is 1.87. The van der Waals surface area contributed by atoms with Crippen LogP contribution in [0.3, 0.4) is 0 Å². The number of ether oxygens (including phenoxy) is 1. The van der Waals surface area contributed by atoms with Gasteiger partial charge in [-0.3, -0.25) is 0 Å². The lowest BCUT2D eigenvalue weighted by Crippen LogP contribution is -2.27. The Hall–Kier alpha value is -1.02. The summed E-state index contributed by atoms with van der Waals surface area (Å²) in [6, 6.07) is 9.13. The summed E-state index contributed by atoms with van der Waals surface area (Å²) in [4.78, 5) is 0. The van der Waals surface area contributed by atoms with Crippen molar-refractivity contribution in [2.75, 3.05) is 14.2 Å². The van der Waals surface area contributed by atoms with E-state index < -0.39 is 0 Å². The quantitative estimate of drug-likeness (QED) is 0.794. The molecule has 16 heavy (non-hydrogen) atoms. The molecule has 1 aliphatic rings. The highest BCUT2D eigenvalue weighted by molar-refractivity contribution is 5.27. The van der Waals surface area contributed by atoms with E-state index in [1.165, 1.54) is 24.8 Å². The highest BCUT2D eigenvalue weighted by Crippen LogP contribution is 2.34. The Kier molecular flexibility index (Phi) is 3.83. The van der Waals surface area contributed by atoms with Gasteiger partial charge in [-0.15, -0.1) is 0 Å². The number of benzene rings is 1. The molecule has 88 valence electrons. The van der Waals surface area contributed by atoms with Crippen molar-refractivity contribution < 1.29 is 4.74 Å². The lowest BCUT2D eigenvalue weighted by atomic mass is 10.0. The van der Waals surface area contributed by atoms with Crippen LogP contribution in [0, 0.1) is 5.92 Å². The van der Waals surface area contributed by atoms with E-state index in [-0.39, 0.29) is 0 Å². The highest BCUT2D eigenvalue weighted by Gasteiger charge is 2.29. The molecule has 0 heterocycles. The number of hydrogen-bond acceptors (Lipinski definition) is 2. The molecule has 1 aliphatic carbocycles. The van der Waals surface area contributed by atoms with Crippen LogP contribution in [-0.4, -0.2) is 20.2 Å². The third-order valence-corrected chi connectivity index (χ3v) is 3.46. The minimum atomic E-state index is 0.710. The van der Waals surface area contributed by atoms with Crippen LogP contribution in [0.4, 0.5) is 0 Å². The van der Waals surface area contributed by atoms with Gasteiger partial charge in [-0.25, -0.2) is 0 Å². The van der Waals surface area contributed by atoms with Crippen molar-refractivity contribution in [2.45, 2.75) is 31.7 Å². The van der Waals surface area contributed by atoms with E-state index in [2.05, 4.69) is 24.5 Å². The number of aryl methyl sites for hydroxylation is 1. The molecule has 1 atom stereocenters. The second-order valence-corrected chi connectivity index (χ2v) is 4.62. The summed E-state index contributed by atoms with van der Waals surface area (Å²) in [5, 5.41) is 3.43. The van der Waals surface area contributed by atoms with E-state index in [1.807, 2.05) is 12.1 Å². The molecule has 2 heteroatoms. The molecule has 1 fully saturated rings. The SMILES string of the molecule is CNC(CCc1ccc(OC)cc1)C1CC1. The maximum atomic E-state index is 5.15. The van der Waals surface area contributed by atoms with E-state index in [0.717, 1.165) is 18.1 Å². The second-order valence-electron chi connectivity index (χ2n) is 4.62. The lowest BCUT2D eigenvalue weighted by molar-refractivity contribution is 0.414. The van der Waals surface area contributed by atoms with Gasteiger partial charge < -0.3 is 10.1 Å². The molecule has 2 rings (SSSR count). The maximum Gasteiger partial charge on any atom is 0.118 e. The molecular weight excluding hydrogens is 198 g/mol. The van der Waals surface area contributed by atoms with Gasteiger partial charge in [0.25, 0.3) is 0 Å². The summed E-state index contributed by atoms with van der Waals surface area (Å²) < 4.78 is 5.15. The Labute approximate surface area is 98.0 Å². The predicted octanol–water partition coefficient (Wildman–Crippen LogP) is 2.63. The van der Waals surface area contributed by atoms with Gasteiger partial charge in [-0.2, -0.15) is 0 Å². The number of hydrogen-bond donors (Lipinski definition) is 1. The zero-order valence-electron chi connectivity index (χ0n) is 10.2. The van der Waals surface area contributed by atoms with Crippen molar-refractivity contribution in [1.82, 2.24) is 5.32 Å². The van der Waals surface area contributed by atoms with E-state index in [9.17, 15) is 0 Å². The molecule has 1 saturated carbocycles. The van der Waals surface area contributed by atoms with Crippen LogP contribution in [0.25, 0.3) is 0 Å². The molecule has 0 radical (unpaired) electrons. The molecule has 0 aliphatic heterocycles. The van der Waals surface area contributed by atoms with Gasteiger partial charge in [0.1, 0.15) is 5.75 Å². The molecule has 0 aromatic heterocycles. The molecule has 0 amide bonds. The highest BCUT2D eigenvalue weighted by atomic mass is 16.5. The zero-order chi connectivity index (χ0) is 11.4. The first kappa shape index (κ1) is 11.5. The van der Waals surface area contributed by atoms with Crippen LogP contribution in [0.15, 0.2) is 24.3 Å². The van der Waals surface area contributed by atoms with E-state index in [1.54, 1.807) is 7.11 Å². The monoisotopic (exact) mass is 219 g/mol. The van der Waals surface area contributed by atoms with Crippen LogP contribution >= 0.6 is 0 Å². The summed E-state index contributed by atoms with van der Waals surface area (Å²) in [6.07, 6.45) is 5.22. The van der Waals surface area contributed by atoms with Gasteiger partial charge in [-0.1, -0.05) is 12.1 Å². The summed E-state index contributed by atoms with van der Waals surface area (Å²) in [5.41, 5.74) is 1.40. The van der Waals surface area contributed by atoms with Crippen LogP contribution in [0.2, 0.25) is 0 Å². The zero-order valence-corrected chi connectivity index (χ0v) is 10.2. The minimum Gasteiger partial charge on any atom is -0.497 e. The molecule has 1 unspecified atom stereocenters. The third-order valence-electron chi connectivity index (χ3n) is 3.46. The molecular formula is C14H21NO. The first-order valence-electron chi connectivity index (χ1n) is 6.13. The average Bonchev–Trinajstić information content (AvgIpc) is 3.15.